The van der Waals surface area contributed by atoms with Crippen LogP contribution in [0.25, 0.3) is 0 Å². The number of urea groups is 1. The fourth-order valence-electron chi connectivity index (χ4n) is 4.21. The molecule has 37 heavy (non-hydrogen) atoms. The van der Waals surface area contributed by atoms with E-state index in [1.54, 1.807) is 24.3 Å². The molecule has 0 saturated carbocycles. The van der Waals surface area contributed by atoms with Gasteiger partial charge < -0.3 is 16.0 Å². The zero-order valence-corrected chi connectivity index (χ0v) is 21.2. The normalized spacial score (nSPS) is 18.3. The Morgan fingerprint density at radius 2 is 1.84 bits per heavy atom. The van der Waals surface area contributed by atoms with Crippen molar-refractivity contribution in [1.82, 2.24) is 15.5 Å². The molecule has 0 bridgehead atoms. The molecular formula is C26H26ClN5O5. The first-order valence-corrected chi connectivity index (χ1v) is 12.0. The van der Waals surface area contributed by atoms with Crippen LogP contribution in [-0.4, -0.2) is 40.6 Å². The number of imide groups is 2. The Morgan fingerprint density at radius 3 is 2.54 bits per heavy atom. The second-order valence-electron chi connectivity index (χ2n) is 9.08. The van der Waals surface area contributed by atoms with Crippen molar-refractivity contribution in [3.05, 3.63) is 69.9 Å². The van der Waals surface area contributed by atoms with Crippen LogP contribution in [0.5, 0.6) is 0 Å². The number of anilines is 2. The summed E-state index contributed by atoms with van der Waals surface area (Å²) >= 11 is 6.12. The molecule has 1 saturated heterocycles. The van der Waals surface area contributed by atoms with Crippen LogP contribution in [0, 0.1) is 13.8 Å². The van der Waals surface area contributed by atoms with Crippen molar-refractivity contribution < 1.29 is 24.0 Å². The van der Waals surface area contributed by atoms with Crippen molar-refractivity contribution in [2.75, 3.05) is 10.6 Å². The van der Waals surface area contributed by atoms with Gasteiger partial charge in [0.2, 0.25) is 11.8 Å². The van der Waals surface area contributed by atoms with E-state index in [2.05, 4.69) is 21.3 Å². The average molecular weight is 524 g/mol. The summed E-state index contributed by atoms with van der Waals surface area (Å²) in [6, 6.07) is 8.83. The monoisotopic (exact) mass is 523 g/mol. The van der Waals surface area contributed by atoms with Crippen LogP contribution in [0.15, 0.2) is 48.2 Å². The highest BCUT2D eigenvalue weighted by molar-refractivity contribution is 6.31. The van der Waals surface area contributed by atoms with E-state index < -0.39 is 41.7 Å². The molecule has 2 heterocycles. The second-order valence-corrected chi connectivity index (χ2v) is 9.49. The van der Waals surface area contributed by atoms with Gasteiger partial charge in [-0.2, -0.15) is 0 Å². The third-order valence-corrected chi connectivity index (χ3v) is 6.54. The smallest absolute Gasteiger partial charge is 0.319 e. The number of nitrogens with one attached hydrogen (secondary N) is 4. The Bertz CT molecular complexity index is 1350. The number of aryl methyl sites for hydroxylation is 2. The summed E-state index contributed by atoms with van der Waals surface area (Å²) in [5, 5.41) is 11.3. The van der Waals surface area contributed by atoms with Gasteiger partial charge in [-0.3, -0.25) is 29.4 Å². The topological polar surface area (TPSA) is 137 Å². The lowest BCUT2D eigenvalue weighted by Crippen LogP contribution is -2.54. The maximum atomic E-state index is 12.9. The molecule has 0 spiro atoms. The fourth-order valence-corrected chi connectivity index (χ4v) is 4.39. The van der Waals surface area contributed by atoms with Gasteiger partial charge in [0.15, 0.2) is 0 Å². The number of hydrogen-bond donors (Lipinski definition) is 4. The van der Waals surface area contributed by atoms with E-state index >= 15 is 0 Å². The van der Waals surface area contributed by atoms with Crippen molar-refractivity contribution in [2.24, 2.45) is 0 Å². The van der Waals surface area contributed by atoms with Crippen LogP contribution >= 0.6 is 11.6 Å². The number of piperidine rings is 1. The van der Waals surface area contributed by atoms with E-state index in [0.29, 0.717) is 16.4 Å². The summed E-state index contributed by atoms with van der Waals surface area (Å²) in [4.78, 5) is 62.5. The zero-order chi connectivity index (χ0) is 26.9. The van der Waals surface area contributed by atoms with Gasteiger partial charge in [-0.15, -0.1) is 0 Å². The molecule has 2 aliphatic rings. The van der Waals surface area contributed by atoms with Gasteiger partial charge in [0, 0.05) is 28.9 Å². The number of benzene rings is 2. The van der Waals surface area contributed by atoms with Crippen LogP contribution < -0.4 is 21.3 Å². The Morgan fingerprint density at radius 1 is 1.08 bits per heavy atom. The molecule has 4 rings (SSSR count). The first kappa shape index (κ1) is 25.9. The van der Waals surface area contributed by atoms with Crippen LogP contribution in [0.2, 0.25) is 5.02 Å². The molecule has 0 aromatic heterocycles. The lowest BCUT2D eigenvalue weighted by atomic mass is 10.0. The molecule has 2 atom stereocenters. The van der Waals surface area contributed by atoms with Gasteiger partial charge in [0.05, 0.1) is 6.04 Å². The van der Waals surface area contributed by atoms with Gasteiger partial charge in [-0.05, 0) is 68.1 Å². The van der Waals surface area contributed by atoms with E-state index in [4.69, 9.17) is 11.6 Å². The van der Waals surface area contributed by atoms with Crippen molar-refractivity contribution in [2.45, 2.75) is 45.7 Å². The van der Waals surface area contributed by atoms with Gasteiger partial charge in [-0.1, -0.05) is 23.7 Å². The van der Waals surface area contributed by atoms with Crippen LogP contribution in [0.4, 0.5) is 16.2 Å². The first-order chi connectivity index (χ1) is 17.5. The number of carbonyl (C=O) groups is 5. The van der Waals surface area contributed by atoms with Crippen molar-refractivity contribution in [3.63, 3.8) is 0 Å². The molecule has 2 aromatic rings. The second kappa shape index (κ2) is 10.4. The zero-order valence-electron chi connectivity index (χ0n) is 20.5. The minimum Gasteiger partial charge on any atom is -0.351 e. The third-order valence-electron chi connectivity index (χ3n) is 6.13. The SMILES string of the molecule is Cc1cc(NC2=CC(=O)N(C3CCC(=O)NC3=O)C2=O)cc(C(C)NC(=O)Nc2ccc(C)c(Cl)c2)c1. The molecule has 2 unspecified atom stereocenters. The number of rotatable bonds is 6. The highest BCUT2D eigenvalue weighted by Gasteiger charge is 2.42. The first-order valence-electron chi connectivity index (χ1n) is 11.7. The Labute approximate surface area is 218 Å². The van der Waals surface area contributed by atoms with Gasteiger partial charge in [0.25, 0.3) is 11.8 Å². The number of hydrogen-bond acceptors (Lipinski definition) is 6. The van der Waals surface area contributed by atoms with Gasteiger partial charge in [-0.25, -0.2) is 4.79 Å². The molecule has 10 nitrogen and oxygen atoms in total. The fraction of sp³-hybridized carbons (Fsp3) is 0.269. The largest absolute Gasteiger partial charge is 0.351 e. The van der Waals surface area contributed by atoms with Crippen molar-refractivity contribution in [3.8, 4) is 0 Å². The van der Waals surface area contributed by atoms with Gasteiger partial charge >= 0.3 is 6.03 Å². The molecule has 0 radical (unpaired) electrons. The number of nitrogens with zero attached hydrogens (tertiary/aromatic N) is 1. The molecule has 6 amide bonds. The number of amides is 6. The summed E-state index contributed by atoms with van der Waals surface area (Å²) in [7, 11) is 0. The lowest BCUT2D eigenvalue weighted by molar-refractivity contribution is -0.149. The molecule has 2 aromatic carbocycles. The molecule has 1 fully saturated rings. The van der Waals surface area contributed by atoms with E-state index in [9.17, 15) is 24.0 Å². The highest BCUT2D eigenvalue weighted by atomic mass is 35.5. The molecule has 0 aliphatic carbocycles. The molecule has 2 aliphatic heterocycles. The van der Waals surface area contributed by atoms with Crippen LogP contribution in [0.3, 0.4) is 0 Å². The van der Waals surface area contributed by atoms with E-state index in [1.165, 1.54) is 0 Å². The lowest BCUT2D eigenvalue weighted by Gasteiger charge is -2.28. The van der Waals surface area contributed by atoms with Crippen molar-refractivity contribution >= 4 is 52.6 Å². The molecular weight excluding hydrogens is 498 g/mol. The van der Waals surface area contributed by atoms with E-state index in [-0.39, 0.29) is 18.5 Å². The summed E-state index contributed by atoms with van der Waals surface area (Å²) in [6.07, 6.45) is 1.26. The molecule has 4 N–H and O–H groups in total. The summed E-state index contributed by atoms with van der Waals surface area (Å²) in [6.45, 7) is 5.55. The Balaban J connectivity index is 1.43. The Kier molecular flexibility index (Phi) is 7.30. The number of carbonyl (C=O) groups excluding carboxylic acids is 5. The minimum atomic E-state index is -1.03. The third kappa shape index (κ3) is 5.80. The van der Waals surface area contributed by atoms with Gasteiger partial charge in [0.1, 0.15) is 11.7 Å². The predicted octanol–water partition coefficient (Wildman–Crippen LogP) is 3.31. The summed E-state index contributed by atoms with van der Waals surface area (Å²) in [5.41, 5.74) is 3.63. The van der Waals surface area contributed by atoms with E-state index in [0.717, 1.165) is 27.7 Å². The average Bonchev–Trinajstić information content (AvgIpc) is 3.08. The molecule has 11 heteroatoms. The van der Waals surface area contributed by atoms with Crippen molar-refractivity contribution in [1.29, 1.82) is 0 Å². The highest BCUT2D eigenvalue weighted by Crippen LogP contribution is 2.26. The molecule has 192 valence electrons. The van der Waals surface area contributed by atoms with E-state index in [1.807, 2.05) is 32.9 Å². The standard InChI is InChI=1S/C26H26ClN5O5/c1-13-8-16(15(3)28-26(37)30-17-5-4-14(2)19(27)11-17)10-18(9-13)29-20-12-23(34)32(25(20)36)21-6-7-22(33)31-24(21)35/h4-5,8-12,15,21,29H,6-7H2,1-3H3,(H2,28,30,37)(H,31,33,35). The predicted molar refractivity (Wildman–Crippen MR) is 138 cm³/mol. The minimum absolute atomic E-state index is 0.0147. The maximum absolute atomic E-state index is 12.9. The van der Waals surface area contributed by atoms with Crippen LogP contribution in [-0.2, 0) is 19.2 Å². The Hall–Kier alpha value is -4.18. The number of halogens is 1. The summed E-state index contributed by atoms with van der Waals surface area (Å²) in [5.74, 6) is -2.38. The quantitative estimate of drug-likeness (QED) is 0.429. The summed E-state index contributed by atoms with van der Waals surface area (Å²) < 4.78 is 0. The maximum Gasteiger partial charge on any atom is 0.319 e. The van der Waals surface area contributed by atoms with Crippen LogP contribution in [0.1, 0.15) is 42.5 Å².